The molecule has 0 spiro atoms. The number of carbonyl (C=O) groups is 2. The fourth-order valence-corrected chi connectivity index (χ4v) is 3.84. The maximum absolute atomic E-state index is 12.7. The van der Waals surface area contributed by atoms with Crippen molar-refractivity contribution in [1.29, 1.82) is 0 Å². The molecule has 0 aliphatic heterocycles. The number of nitrogens with zero attached hydrogens (tertiary/aromatic N) is 2. The predicted molar refractivity (Wildman–Crippen MR) is 124 cm³/mol. The van der Waals surface area contributed by atoms with E-state index in [-0.39, 0.29) is 23.6 Å². The van der Waals surface area contributed by atoms with Gasteiger partial charge in [-0.1, -0.05) is 31.5 Å². The molecule has 2 aromatic carbocycles. The average molecular weight is 433 g/mol. The number of aromatic nitrogens is 2. The van der Waals surface area contributed by atoms with Gasteiger partial charge in [0.15, 0.2) is 0 Å². The zero-order valence-electron chi connectivity index (χ0n) is 18.4. The van der Waals surface area contributed by atoms with Gasteiger partial charge in [-0.15, -0.1) is 0 Å². The summed E-state index contributed by atoms with van der Waals surface area (Å²) in [6.07, 6.45) is 4.00. The third-order valence-electron chi connectivity index (χ3n) is 5.90. The van der Waals surface area contributed by atoms with Crippen LogP contribution >= 0.6 is 0 Å². The van der Waals surface area contributed by atoms with Crippen LogP contribution in [0.4, 0.5) is 10.5 Å². The Morgan fingerprint density at radius 1 is 1.16 bits per heavy atom. The molecule has 2 amide bonds. The van der Waals surface area contributed by atoms with Crippen LogP contribution < -0.4 is 10.6 Å². The molecular weight excluding hydrogens is 404 g/mol. The summed E-state index contributed by atoms with van der Waals surface area (Å²) in [6, 6.07) is 13.8. The molecule has 7 nitrogen and oxygen atoms in total. The minimum Gasteiger partial charge on any atom is -0.507 e. The van der Waals surface area contributed by atoms with Gasteiger partial charge in [0.1, 0.15) is 5.75 Å². The lowest BCUT2D eigenvalue weighted by Gasteiger charge is -2.25. The largest absolute Gasteiger partial charge is 0.507 e. The predicted octanol–water partition coefficient (Wildman–Crippen LogP) is 5.05. The Balaban J connectivity index is 1.64. The second-order valence-electron chi connectivity index (χ2n) is 8.23. The monoisotopic (exact) mass is 432 g/mol. The normalized spacial score (nSPS) is 13.4. The molecule has 0 saturated heterocycles. The smallest absolute Gasteiger partial charge is 0.342 e. The number of hydrogen-bond acceptors (Lipinski definition) is 4. The number of benzene rings is 2. The summed E-state index contributed by atoms with van der Waals surface area (Å²) < 4.78 is 1.42. The van der Waals surface area contributed by atoms with E-state index >= 15 is 0 Å². The van der Waals surface area contributed by atoms with Crippen LogP contribution in [0.1, 0.15) is 60.1 Å². The number of rotatable bonds is 6. The molecule has 0 unspecified atom stereocenters. The van der Waals surface area contributed by atoms with Crippen molar-refractivity contribution in [2.24, 2.45) is 0 Å². The van der Waals surface area contributed by atoms with Gasteiger partial charge in [-0.05, 0) is 62.1 Å². The minimum atomic E-state index is -0.261. The number of carbonyl (C=O) groups excluding carboxylic acids is 2. The van der Waals surface area contributed by atoms with Crippen molar-refractivity contribution >= 4 is 17.6 Å². The third kappa shape index (κ3) is 4.37. The first-order chi connectivity index (χ1) is 15.5. The third-order valence-corrected chi connectivity index (χ3v) is 5.90. The Labute approximate surface area is 187 Å². The summed E-state index contributed by atoms with van der Waals surface area (Å²) in [6.45, 7) is 4.45. The second-order valence-corrected chi connectivity index (χ2v) is 8.23. The van der Waals surface area contributed by atoms with E-state index in [1.165, 1.54) is 10.7 Å². The summed E-state index contributed by atoms with van der Waals surface area (Å²) in [5, 5.41) is 20.8. The lowest BCUT2D eigenvalue weighted by atomic mass is 9.82. The molecule has 1 fully saturated rings. The van der Waals surface area contributed by atoms with Gasteiger partial charge < -0.3 is 15.7 Å². The Bertz CT molecular complexity index is 1150. The van der Waals surface area contributed by atoms with E-state index < -0.39 is 0 Å². The fourth-order valence-electron chi connectivity index (χ4n) is 3.84. The maximum Gasteiger partial charge on any atom is 0.342 e. The summed E-state index contributed by atoms with van der Waals surface area (Å²) in [5.74, 6) is 0.103. The average Bonchev–Trinajstić information content (AvgIpc) is 3.17. The van der Waals surface area contributed by atoms with Gasteiger partial charge in [-0.2, -0.15) is 9.78 Å². The first-order valence-electron chi connectivity index (χ1n) is 11.1. The van der Waals surface area contributed by atoms with Crippen molar-refractivity contribution in [3.8, 4) is 17.0 Å². The van der Waals surface area contributed by atoms with Crippen molar-refractivity contribution in [3.05, 3.63) is 65.4 Å². The fraction of sp³-hybridized carbons (Fsp3) is 0.320. The van der Waals surface area contributed by atoms with Crippen LogP contribution in [0, 0.1) is 6.92 Å². The van der Waals surface area contributed by atoms with E-state index in [0.29, 0.717) is 29.1 Å². The number of amides is 2. The van der Waals surface area contributed by atoms with E-state index in [1.807, 2.05) is 38.1 Å². The Morgan fingerprint density at radius 3 is 2.62 bits per heavy atom. The summed E-state index contributed by atoms with van der Waals surface area (Å²) >= 11 is 0. The molecule has 7 heteroatoms. The molecule has 3 aromatic rings. The maximum atomic E-state index is 12.7. The van der Waals surface area contributed by atoms with E-state index in [9.17, 15) is 14.7 Å². The first-order valence-corrected chi connectivity index (χ1v) is 11.1. The number of nitrogens with one attached hydrogen (secondary N) is 2. The Morgan fingerprint density at radius 2 is 1.94 bits per heavy atom. The summed E-state index contributed by atoms with van der Waals surface area (Å²) in [4.78, 5) is 25.4. The number of hydrogen-bond donors (Lipinski definition) is 3. The van der Waals surface area contributed by atoms with Crippen LogP contribution in [0.2, 0.25) is 0 Å². The summed E-state index contributed by atoms with van der Waals surface area (Å²) in [7, 11) is 0. The van der Waals surface area contributed by atoms with Crippen molar-refractivity contribution < 1.29 is 14.7 Å². The Kier molecular flexibility index (Phi) is 6.25. The highest BCUT2D eigenvalue weighted by Gasteiger charge is 2.27. The van der Waals surface area contributed by atoms with Gasteiger partial charge in [0, 0.05) is 29.3 Å². The SMILES string of the molecule is CCCNC(=O)n1nc(-c2cc(NC(=O)c3ccccc3C)ccc2O)cc1C1CCC1. The molecule has 0 atom stereocenters. The molecule has 1 saturated carbocycles. The highest BCUT2D eigenvalue weighted by molar-refractivity contribution is 6.05. The molecule has 4 rings (SSSR count). The zero-order chi connectivity index (χ0) is 22.7. The van der Waals surface area contributed by atoms with Gasteiger partial charge in [0.2, 0.25) is 0 Å². The van der Waals surface area contributed by atoms with Crippen LogP contribution in [-0.2, 0) is 0 Å². The number of anilines is 1. The second kappa shape index (κ2) is 9.26. The highest BCUT2D eigenvalue weighted by atomic mass is 16.3. The number of phenolic OH excluding ortho intramolecular Hbond substituents is 1. The lowest BCUT2D eigenvalue weighted by molar-refractivity contribution is 0.102. The lowest BCUT2D eigenvalue weighted by Crippen LogP contribution is -2.32. The van der Waals surface area contributed by atoms with Crippen molar-refractivity contribution in [3.63, 3.8) is 0 Å². The van der Waals surface area contributed by atoms with E-state index in [1.54, 1.807) is 18.2 Å². The van der Waals surface area contributed by atoms with E-state index in [2.05, 4.69) is 15.7 Å². The number of aromatic hydroxyl groups is 1. The molecule has 0 radical (unpaired) electrons. The topological polar surface area (TPSA) is 96.3 Å². The molecule has 166 valence electrons. The number of aryl methyl sites for hydroxylation is 1. The standard InChI is InChI=1S/C25H28N4O3/c1-3-13-26-25(32)29-22(17-8-6-9-17)15-21(28-29)20-14-18(11-12-23(20)30)27-24(31)19-10-5-4-7-16(19)2/h4-5,7,10-12,14-15,17,30H,3,6,8-9,13H2,1-2H3,(H,26,32)(H,27,31). The van der Waals surface area contributed by atoms with E-state index in [4.69, 9.17) is 0 Å². The van der Waals surface area contributed by atoms with Gasteiger partial charge in [0.05, 0.1) is 11.4 Å². The molecule has 1 aromatic heterocycles. The van der Waals surface area contributed by atoms with Gasteiger partial charge in [-0.3, -0.25) is 4.79 Å². The van der Waals surface area contributed by atoms with Crippen LogP contribution in [0.25, 0.3) is 11.3 Å². The minimum absolute atomic E-state index is 0.0395. The van der Waals surface area contributed by atoms with Crippen LogP contribution in [0.5, 0.6) is 5.75 Å². The molecule has 1 aliphatic carbocycles. The van der Waals surface area contributed by atoms with Crippen molar-refractivity contribution in [2.75, 3.05) is 11.9 Å². The highest BCUT2D eigenvalue weighted by Crippen LogP contribution is 2.39. The first kappa shape index (κ1) is 21.6. The van der Waals surface area contributed by atoms with Crippen molar-refractivity contribution in [2.45, 2.75) is 45.4 Å². The van der Waals surface area contributed by atoms with Crippen molar-refractivity contribution in [1.82, 2.24) is 15.1 Å². The van der Waals surface area contributed by atoms with Gasteiger partial charge in [-0.25, -0.2) is 4.79 Å². The van der Waals surface area contributed by atoms with E-state index in [0.717, 1.165) is 36.9 Å². The van der Waals surface area contributed by atoms with Gasteiger partial charge in [0.25, 0.3) is 5.91 Å². The van der Waals surface area contributed by atoms with Crippen LogP contribution in [0.15, 0.2) is 48.5 Å². The van der Waals surface area contributed by atoms with Gasteiger partial charge >= 0.3 is 6.03 Å². The number of phenols is 1. The molecule has 3 N–H and O–H groups in total. The molecule has 1 heterocycles. The van der Waals surface area contributed by atoms with Crippen LogP contribution in [-0.4, -0.2) is 33.4 Å². The molecule has 32 heavy (non-hydrogen) atoms. The summed E-state index contributed by atoms with van der Waals surface area (Å²) in [5.41, 5.74) is 3.84. The Hall–Kier alpha value is -3.61. The quantitative estimate of drug-likeness (QED) is 0.475. The van der Waals surface area contributed by atoms with Crippen LogP contribution in [0.3, 0.4) is 0 Å². The molecular formula is C25H28N4O3. The molecule has 0 bridgehead atoms. The molecule has 1 aliphatic rings. The zero-order valence-corrected chi connectivity index (χ0v) is 18.4.